The van der Waals surface area contributed by atoms with E-state index in [1.807, 2.05) is 0 Å². The van der Waals surface area contributed by atoms with Crippen molar-refractivity contribution in [2.75, 3.05) is 0 Å². The Morgan fingerprint density at radius 3 is 3.00 bits per heavy atom. The van der Waals surface area contributed by atoms with E-state index in [1.54, 1.807) is 6.07 Å². The van der Waals surface area contributed by atoms with Gasteiger partial charge >= 0.3 is 0 Å². The molecule has 1 aliphatic carbocycles. The number of benzene rings is 1. The summed E-state index contributed by atoms with van der Waals surface area (Å²) in [5.41, 5.74) is 5.43. The molecule has 2 unspecified atom stereocenters. The molecule has 2 nitrogen and oxygen atoms in total. The highest BCUT2D eigenvalue weighted by molar-refractivity contribution is 6.30. The molecule has 1 fully saturated rings. The molecule has 1 aromatic rings. The third kappa shape index (κ3) is 3.18. The molecule has 2 atom stereocenters. The fourth-order valence-electron chi connectivity index (χ4n) is 2.58. The Kier molecular flexibility index (Phi) is 3.71. The predicted octanol–water partition coefficient (Wildman–Crippen LogP) is 2.65. The number of hydrogen-bond donors (Lipinski definition) is 2. The number of nitrogens with two attached hydrogens (primary N) is 1. The zero-order chi connectivity index (χ0) is 12.5. The molecule has 1 saturated carbocycles. The molecule has 0 saturated heterocycles. The molecule has 0 aromatic heterocycles. The van der Waals surface area contributed by atoms with Crippen LogP contribution in [0.4, 0.5) is 4.39 Å². The molecular weight excluding hydrogens is 241 g/mol. The first-order chi connectivity index (χ1) is 7.98. The first-order valence-electron chi connectivity index (χ1n) is 5.90. The van der Waals surface area contributed by atoms with E-state index >= 15 is 0 Å². The van der Waals surface area contributed by atoms with Crippen LogP contribution < -0.4 is 5.73 Å². The summed E-state index contributed by atoms with van der Waals surface area (Å²) in [5, 5.41) is 10.9. The number of hydrogen-bond acceptors (Lipinski definition) is 2. The van der Waals surface area contributed by atoms with Gasteiger partial charge in [0.1, 0.15) is 5.82 Å². The van der Waals surface area contributed by atoms with Crippen LogP contribution in [-0.4, -0.2) is 16.7 Å². The quantitative estimate of drug-likeness (QED) is 0.856. The standard InChI is InChI=1S/C13H17ClFNO/c14-10-3-4-12(15)9(6-10)7-13(17)5-1-2-11(16)8-13/h3-4,6,11,17H,1-2,5,7-8,16H2. The summed E-state index contributed by atoms with van der Waals surface area (Å²) >= 11 is 5.84. The van der Waals surface area contributed by atoms with Crippen LogP contribution in [0.5, 0.6) is 0 Å². The van der Waals surface area contributed by atoms with Gasteiger partial charge in [-0.2, -0.15) is 0 Å². The molecule has 1 aromatic carbocycles. The lowest BCUT2D eigenvalue weighted by Gasteiger charge is -2.35. The Morgan fingerprint density at radius 1 is 1.53 bits per heavy atom. The molecule has 1 aliphatic rings. The van der Waals surface area contributed by atoms with Gasteiger partial charge in [0.25, 0.3) is 0 Å². The zero-order valence-electron chi connectivity index (χ0n) is 9.63. The SMILES string of the molecule is NC1CCCC(O)(Cc2cc(Cl)ccc2F)C1. The van der Waals surface area contributed by atoms with Crippen molar-refractivity contribution >= 4 is 11.6 Å². The molecule has 94 valence electrons. The second-order valence-electron chi connectivity index (χ2n) is 4.99. The van der Waals surface area contributed by atoms with E-state index in [0.717, 1.165) is 12.8 Å². The van der Waals surface area contributed by atoms with Crippen molar-refractivity contribution in [3.8, 4) is 0 Å². The molecule has 4 heteroatoms. The fourth-order valence-corrected chi connectivity index (χ4v) is 2.77. The van der Waals surface area contributed by atoms with Crippen LogP contribution >= 0.6 is 11.6 Å². The fraction of sp³-hybridized carbons (Fsp3) is 0.538. The van der Waals surface area contributed by atoms with E-state index in [4.69, 9.17) is 17.3 Å². The molecular formula is C13H17ClFNO. The smallest absolute Gasteiger partial charge is 0.126 e. The van der Waals surface area contributed by atoms with Crippen LogP contribution in [0.3, 0.4) is 0 Å². The van der Waals surface area contributed by atoms with Crippen molar-refractivity contribution < 1.29 is 9.50 Å². The minimum atomic E-state index is -0.886. The third-order valence-corrected chi connectivity index (χ3v) is 3.62. The second kappa shape index (κ2) is 4.92. The minimum Gasteiger partial charge on any atom is -0.389 e. The number of halogens is 2. The molecule has 0 spiro atoms. The molecule has 0 heterocycles. The third-order valence-electron chi connectivity index (χ3n) is 3.39. The lowest BCUT2D eigenvalue weighted by atomic mass is 9.78. The van der Waals surface area contributed by atoms with Crippen molar-refractivity contribution in [3.63, 3.8) is 0 Å². The van der Waals surface area contributed by atoms with Gasteiger partial charge in [0, 0.05) is 17.5 Å². The summed E-state index contributed by atoms with van der Waals surface area (Å²) in [5.74, 6) is -0.318. The molecule has 17 heavy (non-hydrogen) atoms. The van der Waals surface area contributed by atoms with E-state index in [1.165, 1.54) is 12.1 Å². The summed E-state index contributed by atoms with van der Waals surface area (Å²) in [6.45, 7) is 0. The highest BCUT2D eigenvalue weighted by Crippen LogP contribution is 2.32. The first kappa shape index (κ1) is 12.8. The maximum absolute atomic E-state index is 13.6. The van der Waals surface area contributed by atoms with Gasteiger partial charge < -0.3 is 10.8 Å². The molecule has 2 rings (SSSR count). The zero-order valence-corrected chi connectivity index (χ0v) is 10.4. The summed E-state index contributed by atoms with van der Waals surface area (Å²) in [4.78, 5) is 0. The van der Waals surface area contributed by atoms with Crippen LogP contribution in [-0.2, 0) is 6.42 Å². The van der Waals surface area contributed by atoms with Crippen molar-refractivity contribution in [1.82, 2.24) is 0 Å². The van der Waals surface area contributed by atoms with Gasteiger partial charge in [-0.05, 0) is 49.4 Å². The Bertz CT molecular complexity index is 412. The Hall–Kier alpha value is -0.640. The van der Waals surface area contributed by atoms with Crippen LogP contribution in [0.25, 0.3) is 0 Å². The molecule has 0 aliphatic heterocycles. The average molecular weight is 258 g/mol. The predicted molar refractivity (Wildman–Crippen MR) is 66.5 cm³/mol. The average Bonchev–Trinajstić information content (AvgIpc) is 2.22. The Balaban J connectivity index is 2.16. The van der Waals surface area contributed by atoms with Crippen molar-refractivity contribution in [1.29, 1.82) is 0 Å². The largest absolute Gasteiger partial charge is 0.389 e. The van der Waals surface area contributed by atoms with E-state index < -0.39 is 5.60 Å². The van der Waals surface area contributed by atoms with Crippen LogP contribution in [0.2, 0.25) is 5.02 Å². The Morgan fingerprint density at radius 2 is 2.29 bits per heavy atom. The maximum Gasteiger partial charge on any atom is 0.126 e. The number of aliphatic hydroxyl groups is 1. The van der Waals surface area contributed by atoms with Crippen molar-refractivity contribution in [2.45, 2.75) is 43.7 Å². The van der Waals surface area contributed by atoms with Crippen molar-refractivity contribution in [3.05, 3.63) is 34.6 Å². The van der Waals surface area contributed by atoms with Gasteiger partial charge in [-0.15, -0.1) is 0 Å². The van der Waals surface area contributed by atoms with Gasteiger partial charge in [-0.25, -0.2) is 4.39 Å². The minimum absolute atomic E-state index is 0.0102. The molecule has 0 bridgehead atoms. The van der Waals surface area contributed by atoms with Gasteiger partial charge in [-0.1, -0.05) is 11.6 Å². The normalized spacial score (nSPS) is 29.3. The lowest BCUT2D eigenvalue weighted by Crippen LogP contribution is -2.42. The molecule has 3 N–H and O–H groups in total. The maximum atomic E-state index is 13.6. The summed E-state index contributed by atoms with van der Waals surface area (Å²) in [6, 6.07) is 4.44. The Labute approximate surface area is 106 Å². The van der Waals surface area contributed by atoms with Crippen LogP contribution in [0.1, 0.15) is 31.2 Å². The van der Waals surface area contributed by atoms with E-state index in [-0.39, 0.29) is 18.3 Å². The molecule has 0 amide bonds. The van der Waals surface area contributed by atoms with E-state index in [2.05, 4.69) is 0 Å². The monoisotopic (exact) mass is 257 g/mol. The highest BCUT2D eigenvalue weighted by Gasteiger charge is 2.33. The van der Waals surface area contributed by atoms with E-state index in [9.17, 15) is 9.50 Å². The lowest BCUT2D eigenvalue weighted by molar-refractivity contribution is -0.00257. The van der Waals surface area contributed by atoms with Crippen molar-refractivity contribution in [2.24, 2.45) is 5.73 Å². The first-order valence-corrected chi connectivity index (χ1v) is 6.28. The van der Waals surface area contributed by atoms with Crippen LogP contribution in [0, 0.1) is 5.82 Å². The van der Waals surface area contributed by atoms with E-state index in [0.29, 0.717) is 23.4 Å². The van der Waals surface area contributed by atoms with Gasteiger partial charge in [-0.3, -0.25) is 0 Å². The summed E-state index contributed by atoms with van der Waals surface area (Å²) in [7, 11) is 0. The highest BCUT2D eigenvalue weighted by atomic mass is 35.5. The van der Waals surface area contributed by atoms with Crippen LogP contribution in [0.15, 0.2) is 18.2 Å². The topological polar surface area (TPSA) is 46.2 Å². The van der Waals surface area contributed by atoms with Gasteiger partial charge in [0.15, 0.2) is 0 Å². The second-order valence-corrected chi connectivity index (χ2v) is 5.43. The van der Waals surface area contributed by atoms with Gasteiger partial charge in [0.05, 0.1) is 5.60 Å². The van der Waals surface area contributed by atoms with Gasteiger partial charge in [0.2, 0.25) is 0 Å². The molecule has 0 radical (unpaired) electrons. The summed E-state index contributed by atoms with van der Waals surface area (Å²) < 4.78 is 13.6. The summed E-state index contributed by atoms with van der Waals surface area (Å²) in [6.07, 6.45) is 3.30. The number of rotatable bonds is 2.